The Morgan fingerprint density at radius 3 is 2.17 bits per heavy atom. The van der Waals surface area contributed by atoms with E-state index in [1.807, 2.05) is 66.4 Å². The molecule has 29 heavy (non-hydrogen) atoms. The van der Waals surface area contributed by atoms with Crippen molar-refractivity contribution in [1.29, 1.82) is 5.26 Å². The summed E-state index contributed by atoms with van der Waals surface area (Å²) in [7, 11) is 3.79. The van der Waals surface area contributed by atoms with Gasteiger partial charge in [-0.1, -0.05) is 18.2 Å². The summed E-state index contributed by atoms with van der Waals surface area (Å²) in [5.74, 6) is 1.47. The molecule has 7 heteroatoms. The Kier molecular flexibility index (Phi) is 5.19. The molecule has 4 rings (SSSR count). The number of para-hydroxylation sites is 2. The normalized spacial score (nSPS) is 16.6. The van der Waals surface area contributed by atoms with Gasteiger partial charge in [0.25, 0.3) is 0 Å². The molecule has 0 radical (unpaired) electrons. The highest BCUT2D eigenvalue weighted by Gasteiger charge is 2.32. The third kappa shape index (κ3) is 3.55. The Hall–Kier alpha value is -3.37. The van der Waals surface area contributed by atoms with E-state index in [2.05, 4.69) is 20.9 Å². The number of hydrogen-bond acceptors (Lipinski definition) is 7. The molecule has 0 aliphatic carbocycles. The van der Waals surface area contributed by atoms with Crippen molar-refractivity contribution in [3.8, 4) is 6.07 Å². The van der Waals surface area contributed by atoms with Crippen LogP contribution in [0.1, 0.15) is 0 Å². The Morgan fingerprint density at radius 2 is 1.62 bits per heavy atom. The largest absolute Gasteiger partial charge is 0.354 e. The van der Waals surface area contributed by atoms with Crippen LogP contribution in [0.2, 0.25) is 0 Å². The van der Waals surface area contributed by atoms with Crippen LogP contribution in [0.4, 0.5) is 17.2 Å². The number of anilines is 3. The molecular weight excluding hydrogens is 364 g/mol. The summed E-state index contributed by atoms with van der Waals surface area (Å²) in [6.07, 6.45) is 1.79. The van der Waals surface area contributed by atoms with Crippen LogP contribution in [-0.4, -0.2) is 62.5 Å². The number of nitrogens with zero attached hydrogens (tertiary/aromatic N) is 6. The van der Waals surface area contributed by atoms with E-state index in [0.29, 0.717) is 5.82 Å². The summed E-state index contributed by atoms with van der Waals surface area (Å²) >= 11 is 0. The van der Waals surface area contributed by atoms with E-state index in [0.717, 1.165) is 43.4 Å². The van der Waals surface area contributed by atoms with Gasteiger partial charge >= 0.3 is 0 Å². The molecule has 2 aromatic rings. The Morgan fingerprint density at radius 1 is 1.00 bits per heavy atom. The zero-order valence-corrected chi connectivity index (χ0v) is 16.7. The number of carbonyl (C=O) groups excluding carboxylic acids is 1. The smallest absolute Gasteiger partial charge is 0.191 e. The fourth-order valence-electron chi connectivity index (χ4n) is 4.02. The molecular formula is C22H24N6O. The van der Waals surface area contributed by atoms with Gasteiger partial charge in [-0.3, -0.25) is 9.69 Å². The number of ketones is 1. The lowest BCUT2D eigenvalue weighted by atomic mass is 10.1. The van der Waals surface area contributed by atoms with Crippen LogP contribution in [0.5, 0.6) is 0 Å². The summed E-state index contributed by atoms with van der Waals surface area (Å²) in [5, 5.41) is 9.77. The maximum atomic E-state index is 13.0. The van der Waals surface area contributed by atoms with Crippen LogP contribution in [0.3, 0.4) is 0 Å². The van der Waals surface area contributed by atoms with Crippen LogP contribution < -0.4 is 14.7 Å². The van der Waals surface area contributed by atoms with E-state index in [9.17, 15) is 10.1 Å². The number of pyridine rings is 1. The number of benzene rings is 1. The van der Waals surface area contributed by atoms with Gasteiger partial charge < -0.3 is 14.7 Å². The average Bonchev–Trinajstić information content (AvgIpc) is 3.01. The number of piperazine rings is 1. The van der Waals surface area contributed by atoms with Crippen molar-refractivity contribution in [2.45, 2.75) is 0 Å². The number of aromatic nitrogens is 1. The molecule has 1 aromatic heterocycles. The van der Waals surface area contributed by atoms with Crippen molar-refractivity contribution in [2.24, 2.45) is 0 Å². The van der Waals surface area contributed by atoms with Gasteiger partial charge in [0, 0.05) is 46.5 Å². The van der Waals surface area contributed by atoms with Crippen molar-refractivity contribution in [3.05, 3.63) is 60.1 Å². The number of nitriles is 1. The fourth-order valence-corrected chi connectivity index (χ4v) is 4.02. The third-order valence-electron chi connectivity index (χ3n) is 5.57. The predicted octanol–water partition coefficient (Wildman–Crippen LogP) is 2.09. The fraction of sp³-hybridized carbons (Fsp3) is 0.318. The number of hydrogen-bond donors (Lipinski definition) is 0. The van der Waals surface area contributed by atoms with Crippen LogP contribution in [0.15, 0.2) is 60.1 Å². The third-order valence-corrected chi connectivity index (χ3v) is 5.57. The van der Waals surface area contributed by atoms with Gasteiger partial charge in [0.05, 0.1) is 17.9 Å². The van der Waals surface area contributed by atoms with Crippen LogP contribution in [0, 0.1) is 11.3 Å². The topological polar surface area (TPSA) is 66.7 Å². The highest BCUT2D eigenvalue weighted by Crippen LogP contribution is 2.40. The lowest BCUT2D eigenvalue weighted by molar-refractivity contribution is -0.116. The number of carbonyl (C=O) groups is 1. The second-order valence-corrected chi connectivity index (χ2v) is 7.29. The second-order valence-electron chi connectivity index (χ2n) is 7.29. The van der Waals surface area contributed by atoms with Gasteiger partial charge in [0.2, 0.25) is 0 Å². The average molecular weight is 388 g/mol. The van der Waals surface area contributed by atoms with Crippen molar-refractivity contribution in [2.75, 3.05) is 61.5 Å². The Balaban J connectivity index is 1.46. The molecule has 0 atom stereocenters. The molecule has 0 amide bonds. The maximum Gasteiger partial charge on any atom is 0.191 e. The zero-order valence-electron chi connectivity index (χ0n) is 16.7. The maximum absolute atomic E-state index is 13.0. The molecule has 2 aliphatic heterocycles. The molecule has 2 aliphatic rings. The lowest BCUT2D eigenvalue weighted by Crippen LogP contribution is -2.48. The first-order valence-corrected chi connectivity index (χ1v) is 9.72. The molecule has 1 fully saturated rings. The summed E-state index contributed by atoms with van der Waals surface area (Å²) < 4.78 is 0. The van der Waals surface area contributed by atoms with Gasteiger partial charge in [-0.25, -0.2) is 4.98 Å². The van der Waals surface area contributed by atoms with E-state index < -0.39 is 0 Å². The van der Waals surface area contributed by atoms with E-state index >= 15 is 0 Å². The minimum atomic E-state index is -0.139. The van der Waals surface area contributed by atoms with Gasteiger partial charge in [0.15, 0.2) is 5.78 Å². The van der Waals surface area contributed by atoms with Crippen molar-refractivity contribution in [3.63, 3.8) is 0 Å². The molecule has 0 N–H and O–H groups in total. The van der Waals surface area contributed by atoms with Crippen LogP contribution in [-0.2, 0) is 4.79 Å². The highest BCUT2D eigenvalue weighted by molar-refractivity contribution is 6.03. The van der Waals surface area contributed by atoms with Crippen molar-refractivity contribution in [1.82, 2.24) is 9.88 Å². The SMILES string of the molecule is CN1C(=C(C#N)C(=O)CN2CCN(c3ccccn3)CC2)N(C)c2ccccc21. The Labute approximate surface area is 171 Å². The minimum absolute atomic E-state index is 0.139. The highest BCUT2D eigenvalue weighted by atomic mass is 16.1. The molecule has 0 saturated carbocycles. The van der Waals surface area contributed by atoms with E-state index in [1.54, 1.807) is 6.20 Å². The monoisotopic (exact) mass is 388 g/mol. The van der Waals surface area contributed by atoms with Gasteiger partial charge in [0.1, 0.15) is 23.3 Å². The summed E-state index contributed by atoms with van der Waals surface area (Å²) in [6, 6.07) is 16.0. The van der Waals surface area contributed by atoms with Crippen molar-refractivity contribution < 1.29 is 4.79 Å². The number of fused-ring (bicyclic) bond motifs is 1. The van der Waals surface area contributed by atoms with Crippen LogP contribution in [0.25, 0.3) is 0 Å². The first kappa shape index (κ1) is 19.0. The second kappa shape index (κ2) is 7.94. The predicted molar refractivity (Wildman–Crippen MR) is 114 cm³/mol. The first-order chi connectivity index (χ1) is 14.1. The van der Waals surface area contributed by atoms with Crippen molar-refractivity contribution >= 4 is 23.0 Å². The van der Waals surface area contributed by atoms with Crippen LogP contribution >= 0.6 is 0 Å². The quantitative estimate of drug-likeness (QED) is 0.587. The van der Waals surface area contributed by atoms with E-state index in [1.165, 1.54) is 0 Å². The number of Topliss-reactive ketones (excluding diaryl/α,β-unsaturated/α-hetero) is 1. The Bertz CT molecular complexity index is 941. The minimum Gasteiger partial charge on any atom is -0.354 e. The molecule has 1 saturated heterocycles. The zero-order chi connectivity index (χ0) is 20.4. The summed E-state index contributed by atoms with van der Waals surface area (Å²) in [4.78, 5) is 25.6. The summed E-state index contributed by atoms with van der Waals surface area (Å²) in [6.45, 7) is 3.41. The molecule has 1 aromatic carbocycles. The first-order valence-electron chi connectivity index (χ1n) is 9.72. The molecule has 0 spiro atoms. The van der Waals surface area contributed by atoms with Gasteiger partial charge in [-0.2, -0.15) is 5.26 Å². The number of rotatable bonds is 4. The molecule has 0 bridgehead atoms. The standard InChI is InChI=1S/C22H24N6O/c1-25-18-7-3-4-8-19(18)26(2)22(25)17(15-23)20(29)16-27-11-13-28(14-12-27)21-9-5-6-10-24-21/h3-10H,11-14,16H2,1-2H3. The van der Waals surface area contributed by atoms with Gasteiger partial charge in [-0.05, 0) is 24.3 Å². The molecule has 3 heterocycles. The van der Waals surface area contributed by atoms with E-state index in [4.69, 9.17) is 0 Å². The molecule has 0 unspecified atom stereocenters. The molecule has 7 nitrogen and oxygen atoms in total. The lowest BCUT2D eigenvalue weighted by Gasteiger charge is -2.35. The van der Waals surface area contributed by atoms with E-state index in [-0.39, 0.29) is 17.9 Å². The van der Waals surface area contributed by atoms with Gasteiger partial charge in [-0.15, -0.1) is 0 Å². The summed E-state index contributed by atoms with van der Waals surface area (Å²) in [5.41, 5.74) is 2.20. The molecule has 148 valence electrons.